The SMILES string of the molecule is CCNCC(COC)N1CCc2ccccc2CC1. The number of methoxy groups -OCH3 is 1. The minimum atomic E-state index is 0.485. The molecule has 1 N–H and O–H groups in total. The summed E-state index contributed by atoms with van der Waals surface area (Å²) in [5.74, 6) is 0. The van der Waals surface area contributed by atoms with E-state index in [9.17, 15) is 0 Å². The molecule has 1 aliphatic heterocycles. The molecule has 3 heteroatoms. The summed E-state index contributed by atoms with van der Waals surface area (Å²) in [6.07, 6.45) is 2.31. The normalized spacial score (nSPS) is 17.8. The van der Waals surface area contributed by atoms with E-state index in [1.165, 1.54) is 11.1 Å². The Kier molecular flexibility index (Phi) is 5.83. The Balaban J connectivity index is 1.98. The van der Waals surface area contributed by atoms with Crippen LogP contribution >= 0.6 is 0 Å². The van der Waals surface area contributed by atoms with Gasteiger partial charge in [-0.1, -0.05) is 31.2 Å². The van der Waals surface area contributed by atoms with Crippen molar-refractivity contribution in [1.29, 1.82) is 0 Å². The predicted octanol–water partition coefficient (Wildman–Crippen LogP) is 1.71. The zero-order valence-electron chi connectivity index (χ0n) is 12.2. The van der Waals surface area contributed by atoms with E-state index in [0.29, 0.717) is 6.04 Å². The number of likely N-dealkylation sites (N-methyl/N-ethyl adjacent to an activating group) is 1. The summed E-state index contributed by atoms with van der Waals surface area (Å²) in [7, 11) is 1.80. The van der Waals surface area contributed by atoms with Crippen molar-refractivity contribution in [2.45, 2.75) is 25.8 Å². The van der Waals surface area contributed by atoms with Crippen LogP contribution in [-0.4, -0.2) is 50.8 Å². The summed E-state index contributed by atoms with van der Waals surface area (Å²) >= 11 is 0. The lowest BCUT2D eigenvalue weighted by atomic mass is 10.0. The van der Waals surface area contributed by atoms with Gasteiger partial charge in [-0.2, -0.15) is 0 Å². The maximum atomic E-state index is 5.39. The number of hydrogen-bond acceptors (Lipinski definition) is 3. The summed E-state index contributed by atoms with van der Waals surface area (Å²) in [5, 5.41) is 3.45. The Labute approximate surface area is 116 Å². The molecular weight excluding hydrogens is 236 g/mol. The van der Waals surface area contributed by atoms with Crippen molar-refractivity contribution < 1.29 is 4.74 Å². The zero-order valence-corrected chi connectivity index (χ0v) is 12.2. The summed E-state index contributed by atoms with van der Waals surface area (Å²) in [6, 6.07) is 9.34. The van der Waals surface area contributed by atoms with E-state index in [1.807, 2.05) is 0 Å². The maximum absolute atomic E-state index is 5.39. The third kappa shape index (κ3) is 4.03. The van der Waals surface area contributed by atoms with E-state index in [-0.39, 0.29) is 0 Å². The molecule has 0 saturated carbocycles. The Morgan fingerprint density at radius 1 is 1.21 bits per heavy atom. The molecule has 0 bridgehead atoms. The van der Waals surface area contributed by atoms with Crippen molar-refractivity contribution in [3.8, 4) is 0 Å². The molecule has 0 saturated heterocycles. The molecule has 1 atom stereocenters. The van der Waals surface area contributed by atoms with E-state index in [1.54, 1.807) is 7.11 Å². The zero-order chi connectivity index (χ0) is 13.5. The fourth-order valence-corrected chi connectivity index (χ4v) is 2.85. The first kappa shape index (κ1) is 14.5. The lowest BCUT2D eigenvalue weighted by molar-refractivity contribution is 0.0921. The molecular formula is C16H26N2O. The first-order chi connectivity index (χ1) is 9.35. The first-order valence-corrected chi connectivity index (χ1v) is 7.35. The Bertz CT molecular complexity index is 354. The number of nitrogens with one attached hydrogen (secondary N) is 1. The number of rotatable bonds is 6. The molecule has 0 spiro atoms. The third-order valence-electron chi connectivity index (χ3n) is 3.96. The molecule has 3 nitrogen and oxygen atoms in total. The van der Waals surface area contributed by atoms with Gasteiger partial charge < -0.3 is 10.1 Å². The van der Waals surface area contributed by atoms with E-state index in [2.05, 4.69) is 41.4 Å². The quantitative estimate of drug-likeness (QED) is 0.845. The molecule has 1 aliphatic rings. The van der Waals surface area contributed by atoms with Crippen LogP contribution in [0, 0.1) is 0 Å². The van der Waals surface area contributed by atoms with Gasteiger partial charge in [0.25, 0.3) is 0 Å². The van der Waals surface area contributed by atoms with Gasteiger partial charge in [0.1, 0.15) is 0 Å². The fourth-order valence-electron chi connectivity index (χ4n) is 2.85. The van der Waals surface area contributed by atoms with Gasteiger partial charge in [-0.3, -0.25) is 4.90 Å². The lowest BCUT2D eigenvalue weighted by Gasteiger charge is -2.30. The van der Waals surface area contributed by atoms with Crippen LogP contribution in [0.5, 0.6) is 0 Å². The number of fused-ring (bicyclic) bond motifs is 1. The minimum Gasteiger partial charge on any atom is -0.383 e. The van der Waals surface area contributed by atoms with Crippen molar-refractivity contribution in [3.05, 3.63) is 35.4 Å². The highest BCUT2D eigenvalue weighted by Gasteiger charge is 2.20. The van der Waals surface area contributed by atoms with Gasteiger partial charge in [0.15, 0.2) is 0 Å². The van der Waals surface area contributed by atoms with Crippen molar-refractivity contribution in [1.82, 2.24) is 10.2 Å². The molecule has 1 unspecified atom stereocenters. The predicted molar refractivity (Wildman–Crippen MR) is 79.6 cm³/mol. The number of benzene rings is 1. The van der Waals surface area contributed by atoms with Gasteiger partial charge in [0.2, 0.25) is 0 Å². The summed E-state index contributed by atoms with van der Waals surface area (Å²) < 4.78 is 5.39. The monoisotopic (exact) mass is 262 g/mol. The highest BCUT2D eigenvalue weighted by molar-refractivity contribution is 5.28. The smallest absolute Gasteiger partial charge is 0.0630 e. The van der Waals surface area contributed by atoms with Gasteiger partial charge >= 0.3 is 0 Å². The van der Waals surface area contributed by atoms with E-state index < -0.39 is 0 Å². The molecule has 2 rings (SSSR count). The highest BCUT2D eigenvalue weighted by Crippen LogP contribution is 2.17. The van der Waals surface area contributed by atoms with Crippen LogP contribution in [-0.2, 0) is 17.6 Å². The molecule has 19 heavy (non-hydrogen) atoms. The van der Waals surface area contributed by atoms with Gasteiger partial charge in [-0.15, -0.1) is 0 Å². The van der Waals surface area contributed by atoms with E-state index >= 15 is 0 Å². The summed E-state index contributed by atoms with van der Waals surface area (Å²) in [4.78, 5) is 2.58. The van der Waals surface area contributed by atoms with Crippen LogP contribution in [0.4, 0.5) is 0 Å². The van der Waals surface area contributed by atoms with Gasteiger partial charge in [0.05, 0.1) is 6.61 Å². The van der Waals surface area contributed by atoms with Gasteiger partial charge in [-0.25, -0.2) is 0 Å². The lowest BCUT2D eigenvalue weighted by Crippen LogP contribution is -2.46. The second kappa shape index (κ2) is 7.63. The average Bonchev–Trinajstić information content (AvgIpc) is 2.66. The largest absolute Gasteiger partial charge is 0.383 e. The second-order valence-corrected chi connectivity index (χ2v) is 5.22. The van der Waals surface area contributed by atoms with Crippen molar-refractivity contribution >= 4 is 0 Å². The van der Waals surface area contributed by atoms with E-state index in [4.69, 9.17) is 4.74 Å². The van der Waals surface area contributed by atoms with Crippen molar-refractivity contribution in [2.24, 2.45) is 0 Å². The van der Waals surface area contributed by atoms with Crippen LogP contribution < -0.4 is 5.32 Å². The molecule has 0 amide bonds. The van der Waals surface area contributed by atoms with Crippen LogP contribution in [0.2, 0.25) is 0 Å². The third-order valence-corrected chi connectivity index (χ3v) is 3.96. The molecule has 1 aromatic carbocycles. The molecule has 106 valence electrons. The van der Waals surface area contributed by atoms with Gasteiger partial charge in [-0.05, 0) is 30.5 Å². The Hall–Kier alpha value is -0.900. The summed E-state index contributed by atoms with van der Waals surface area (Å²) in [5.41, 5.74) is 3.04. The molecule has 0 radical (unpaired) electrons. The number of hydrogen-bond donors (Lipinski definition) is 1. The second-order valence-electron chi connectivity index (χ2n) is 5.22. The molecule has 0 aromatic heterocycles. The molecule has 0 fully saturated rings. The fraction of sp³-hybridized carbons (Fsp3) is 0.625. The summed E-state index contributed by atoms with van der Waals surface area (Å²) in [6.45, 7) is 7.27. The molecule has 0 aliphatic carbocycles. The Morgan fingerprint density at radius 3 is 2.37 bits per heavy atom. The molecule has 1 aromatic rings. The Morgan fingerprint density at radius 2 is 1.84 bits per heavy atom. The average molecular weight is 262 g/mol. The highest BCUT2D eigenvalue weighted by atomic mass is 16.5. The van der Waals surface area contributed by atoms with Crippen LogP contribution in [0.3, 0.4) is 0 Å². The topological polar surface area (TPSA) is 24.5 Å². The van der Waals surface area contributed by atoms with E-state index in [0.717, 1.165) is 45.6 Å². The first-order valence-electron chi connectivity index (χ1n) is 7.35. The van der Waals surface area contributed by atoms with Crippen molar-refractivity contribution in [2.75, 3.05) is 39.9 Å². The van der Waals surface area contributed by atoms with Crippen LogP contribution in [0.25, 0.3) is 0 Å². The molecule has 1 heterocycles. The van der Waals surface area contributed by atoms with Gasteiger partial charge in [0, 0.05) is 32.8 Å². The van der Waals surface area contributed by atoms with Crippen molar-refractivity contribution in [3.63, 3.8) is 0 Å². The van der Waals surface area contributed by atoms with Crippen LogP contribution in [0.1, 0.15) is 18.1 Å². The van der Waals surface area contributed by atoms with Crippen LogP contribution in [0.15, 0.2) is 24.3 Å². The standard InChI is InChI=1S/C16H26N2O/c1-3-17-12-16(13-19-2)18-10-8-14-6-4-5-7-15(14)9-11-18/h4-7,16-17H,3,8-13H2,1-2H3. The number of ether oxygens (including phenoxy) is 1. The number of nitrogens with zero attached hydrogens (tertiary/aromatic N) is 1. The minimum absolute atomic E-state index is 0.485. The maximum Gasteiger partial charge on any atom is 0.0630 e.